The van der Waals surface area contributed by atoms with Gasteiger partial charge in [0.25, 0.3) is 0 Å². The third-order valence-electron chi connectivity index (χ3n) is 7.97. The molecule has 1 fully saturated rings. The van der Waals surface area contributed by atoms with Crippen LogP contribution < -0.4 is 0 Å². The lowest BCUT2D eigenvalue weighted by molar-refractivity contribution is -0.156. The van der Waals surface area contributed by atoms with Gasteiger partial charge in [-0.25, -0.2) is 0 Å². The second-order valence-corrected chi connectivity index (χ2v) is 9.98. The molecule has 4 atom stereocenters. The Kier molecular flexibility index (Phi) is 13.8. The maximum absolute atomic E-state index is 11.1. The minimum Gasteiger partial charge on any atom is -0.481 e. The van der Waals surface area contributed by atoms with Crippen LogP contribution in [0.25, 0.3) is 0 Å². The molecule has 1 saturated carbocycles. The van der Waals surface area contributed by atoms with E-state index in [-0.39, 0.29) is 12.8 Å². The number of carboxylic acid groups (broad SMARTS) is 4. The standard InChI is InChI=1S/C26H44O8/c1-3-17-15-16-18(4-2)20(12-8-6-10-14-22(25(31)32)26(33)34)19(17)11-7-5-9-13-21(23(27)28)24(29)30/h17-22H,3-16H2,1-2H3,(H,27,28)(H,29,30)(H,31,32)(H,33,34). The number of carboxylic acids is 4. The molecule has 8 heteroatoms. The summed E-state index contributed by atoms with van der Waals surface area (Å²) in [6.07, 6.45) is 12.0. The third-order valence-corrected chi connectivity index (χ3v) is 7.97. The molecule has 1 rings (SSSR count). The molecule has 8 nitrogen and oxygen atoms in total. The van der Waals surface area contributed by atoms with Crippen LogP contribution in [0.4, 0.5) is 0 Å². The van der Waals surface area contributed by atoms with Gasteiger partial charge in [0, 0.05) is 0 Å². The Morgan fingerprint density at radius 2 is 0.912 bits per heavy atom. The van der Waals surface area contributed by atoms with Gasteiger partial charge < -0.3 is 20.4 Å². The van der Waals surface area contributed by atoms with Gasteiger partial charge in [0.05, 0.1) is 0 Å². The summed E-state index contributed by atoms with van der Waals surface area (Å²) in [5.74, 6) is -5.18. The lowest BCUT2D eigenvalue weighted by atomic mass is 9.62. The normalized spacial score (nSPS) is 22.7. The molecule has 4 unspecified atom stereocenters. The first-order valence-corrected chi connectivity index (χ1v) is 13.0. The molecule has 196 valence electrons. The van der Waals surface area contributed by atoms with E-state index in [1.165, 1.54) is 12.8 Å². The number of rotatable bonds is 18. The smallest absolute Gasteiger partial charge is 0.317 e. The van der Waals surface area contributed by atoms with Crippen molar-refractivity contribution in [3.63, 3.8) is 0 Å². The van der Waals surface area contributed by atoms with Crippen LogP contribution in [0.1, 0.15) is 104 Å². The minimum absolute atomic E-state index is 0.168. The molecule has 0 aliphatic heterocycles. The van der Waals surface area contributed by atoms with Gasteiger partial charge in [-0.05, 0) is 62.2 Å². The zero-order valence-corrected chi connectivity index (χ0v) is 20.8. The first kappa shape index (κ1) is 29.9. The largest absolute Gasteiger partial charge is 0.481 e. The van der Waals surface area contributed by atoms with Crippen LogP contribution in [0.3, 0.4) is 0 Å². The molecule has 0 amide bonds. The summed E-state index contributed by atoms with van der Waals surface area (Å²) in [5.41, 5.74) is 0. The summed E-state index contributed by atoms with van der Waals surface area (Å²) in [4.78, 5) is 44.2. The summed E-state index contributed by atoms with van der Waals surface area (Å²) in [7, 11) is 0. The zero-order chi connectivity index (χ0) is 25.7. The van der Waals surface area contributed by atoms with E-state index >= 15 is 0 Å². The predicted molar refractivity (Wildman–Crippen MR) is 127 cm³/mol. The highest BCUT2D eigenvalue weighted by atomic mass is 16.4. The van der Waals surface area contributed by atoms with Crippen LogP contribution in [-0.2, 0) is 19.2 Å². The molecule has 0 aromatic heterocycles. The Hall–Kier alpha value is -2.12. The minimum atomic E-state index is -1.32. The lowest BCUT2D eigenvalue weighted by Crippen LogP contribution is -2.34. The first-order chi connectivity index (χ1) is 16.1. The Morgan fingerprint density at radius 3 is 1.18 bits per heavy atom. The molecule has 1 aliphatic carbocycles. The summed E-state index contributed by atoms with van der Waals surface area (Å²) < 4.78 is 0. The number of hydrogen-bond acceptors (Lipinski definition) is 4. The van der Waals surface area contributed by atoms with E-state index in [1.807, 2.05) is 0 Å². The fourth-order valence-corrected chi connectivity index (χ4v) is 5.98. The van der Waals surface area contributed by atoms with Gasteiger partial charge in [-0.15, -0.1) is 0 Å². The van der Waals surface area contributed by atoms with Crippen molar-refractivity contribution in [2.24, 2.45) is 35.5 Å². The molecule has 0 bridgehead atoms. The summed E-state index contributed by atoms with van der Waals surface area (Å²) in [6.45, 7) is 4.48. The Labute approximate surface area is 203 Å². The highest BCUT2D eigenvalue weighted by Crippen LogP contribution is 2.46. The van der Waals surface area contributed by atoms with Crippen molar-refractivity contribution in [2.45, 2.75) is 104 Å². The first-order valence-electron chi connectivity index (χ1n) is 13.0. The van der Waals surface area contributed by atoms with Gasteiger partial charge in [0.1, 0.15) is 0 Å². The van der Waals surface area contributed by atoms with Crippen LogP contribution in [0.15, 0.2) is 0 Å². The Morgan fingerprint density at radius 1 is 0.588 bits per heavy atom. The van der Waals surface area contributed by atoms with Gasteiger partial charge in [-0.1, -0.05) is 65.2 Å². The molecule has 34 heavy (non-hydrogen) atoms. The van der Waals surface area contributed by atoms with Crippen LogP contribution in [-0.4, -0.2) is 44.3 Å². The van der Waals surface area contributed by atoms with Crippen molar-refractivity contribution in [3.8, 4) is 0 Å². The SMILES string of the molecule is CCC1CCC(CC)C(CCCCCC(C(=O)O)C(=O)O)C1CCCCCC(C(=O)O)C(=O)O. The molecule has 0 radical (unpaired) electrons. The van der Waals surface area contributed by atoms with Gasteiger partial charge >= 0.3 is 23.9 Å². The second kappa shape index (κ2) is 15.7. The topological polar surface area (TPSA) is 149 Å². The highest BCUT2D eigenvalue weighted by Gasteiger charge is 2.37. The molecule has 0 saturated heterocycles. The number of hydrogen-bond donors (Lipinski definition) is 4. The number of aliphatic carboxylic acids is 4. The molecule has 1 aliphatic rings. The van der Waals surface area contributed by atoms with Crippen LogP contribution in [0.5, 0.6) is 0 Å². The molecular weight excluding hydrogens is 440 g/mol. The number of unbranched alkanes of at least 4 members (excludes halogenated alkanes) is 4. The molecular formula is C26H44O8. The van der Waals surface area contributed by atoms with Crippen molar-refractivity contribution < 1.29 is 39.6 Å². The molecule has 0 aromatic carbocycles. The second-order valence-electron chi connectivity index (χ2n) is 9.98. The van der Waals surface area contributed by atoms with Gasteiger partial charge in [-0.3, -0.25) is 19.2 Å². The molecule has 4 N–H and O–H groups in total. The van der Waals surface area contributed by atoms with Crippen molar-refractivity contribution in [1.82, 2.24) is 0 Å². The molecule has 0 aromatic rings. The molecule has 0 spiro atoms. The highest BCUT2D eigenvalue weighted by molar-refractivity contribution is 5.93. The molecule has 0 heterocycles. The van der Waals surface area contributed by atoms with E-state index in [1.54, 1.807) is 0 Å². The van der Waals surface area contributed by atoms with Gasteiger partial charge in [-0.2, -0.15) is 0 Å². The fourth-order valence-electron chi connectivity index (χ4n) is 5.98. The lowest BCUT2D eigenvalue weighted by Gasteiger charge is -2.43. The van der Waals surface area contributed by atoms with Crippen molar-refractivity contribution in [2.75, 3.05) is 0 Å². The van der Waals surface area contributed by atoms with E-state index in [0.717, 1.165) is 51.4 Å². The maximum atomic E-state index is 11.1. The Bertz CT molecular complexity index is 577. The maximum Gasteiger partial charge on any atom is 0.317 e. The van der Waals surface area contributed by atoms with Crippen LogP contribution in [0.2, 0.25) is 0 Å². The average Bonchev–Trinajstić information content (AvgIpc) is 2.77. The summed E-state index contributed by atoms with van der Waals surface area (Å²) in [6, 6.07) is 0. The van der Waals surface area contributed by atoms with Crippen LogP contribution in [0, 0.1) is 35.5 Å². The fraction of sp³-hybridized carbons (Fsp3) is 0.846. The number of carbonyl (C=O) groups is 4. The van der Waals surface area contributed by atoms with Gasteiger partial charge in [0.2, 0.25) is 0 Å². The average molecular weight is 485 g/mol. The van der Waals surface area contributed by atoms with Gasteiger partial charge in [0.15, 0.2) is 11.8 Å². The van der Waals surface area contributed by atoms with E-state index in [2.05, 4.69) is 13.8 Å². The van der Waals surface area contributed by atoms with Crippen LogP contribution >= 0.6 is 0 Å². The van der Waals surface area contributed by atoms with Crippen molar-refractivity contribution in [3.05, 3.63) is 0 Å². The van der Waals surface area contributed by atoms with Crippen molar-refractivity contribution >= 4 is 23.9 Å². The summed E-state index contributed by atoms with van der Waals surface area (Å²) in [5, 5.41) is 36.1. The van der Waals surface area contributed by atoms with E-state index in [9.17, 15) is 19.2 Å². The quantitative estimate of drug-likeness (QED) is 0.146. The third kappa shape index (κ3) is 9.63. The van der Waals surface area contributed by atoms with E-state index in [0.29, 0.717) is 36.5 Å². The van der Waals surface area contributed by atoms with E-state index < -0.39 is 35.7 Å². The predicted octanol–water partition coefficient (Wildman–Crippen LogP) is 5.54. The monoisotopic (exact) mass is 484 g/mol. The Balaban J connectivity index is 2.59. The van der Waals surface area contributed by atoms with E-state index in [4.69, 9.17) is 20.4 Å². The summed E-state index contributed by atoms with van der Waals surface area (Å²) >= 11 is 0. The van der Waals surface area contributed by atoms with Crippen molar-refractivity contribution in [1.29, 1.82) is 0 Å². The zero-order valence-electron chi connectivity index (χ0n) is 20.8.